The van der Waals surface area contributed by atoms with E-state index in [1.54, 1.807) is 17.4 Å². The first kappa shape index (κ1) is 13.7. The van der Waals surface area contributed by atoms with Crippen LogP contribution in [0.25, 0.3) is 0 Å². The Morgan fingerprint density at radius 1 is 1.37 bits per heavy atom. The van der Waals surface area contributed by atoms with Crippen LogP contribution in [0.1, 0.15) is 17.6 Å². The van der Waals surface area contributed by atoms with Crippen LogP contribution in [0.3, 0.4) is 0 Å². The maximum Gasteiger partial charge on any atom is 0.219 e. The zero-order valence-corrected chi connectivity index (χ0v) is 11.4. The fraction of sp³-hybridized carbons (Fsp3) is 0.333. The van der Waals surface area contributed by atoms with E-state index in [1.807, 2.05) is 24.4 Å². The molecule has 0 radical (unpaired) electrons. The number of thiophene rings is 1. The minimum absolute atomic E-state index is 0.335. The van der Waals surface area contributed by atoms with Crippen molar-refractivity contribution in [1.82, 2.24) is 9.97 Å². The summed E-state index contributed by atoms with van der Waals surface area (Å²) in [5.74, 6) is 6.90. The number of aromatic nitrogens is 2. The molecule has 0 saturated carbocycles. The third-order valence-electron chi connectivity index (χ3n) is 2.27. The van der Waals surface area contributed by atoms with Gasteiger partial charge in [-0.3, -0.25) is 0 Å². The van der Waals surface area contributed by atoms with Crippen molar-refractivity contribution in [3.8, 4) is 5.88 Å². The third kappa shape index (κ3) is 4.16. The Morgan fingerprint density at radius 3 is 2.95 bits per heavy atom. The van der Waals surface area contributed by atoms with E-state index >= 15 is 0 Å². The topological polar surface area (TPSA) is 82.3 Å². The van der Waals surface area contributed by atoms with Crippen molar-refractivity contribution < 1.29 is 9.47 Å². The van der Waals surface area contributed by atoms with Gasteiger partial charge in [0.25, 0.3) is 0 Å². The minimum atomic E-state index is 0.335. The fourth-order valence-corrected chi connectivity index (χ4v) is 2.03. The first-order valence-corrected chi connectivity index (χ1v) is 6.77. The molecule has 0 aromatic carbocycles. The average molecular weight is 280 g/mol. The van der Waals surface area contributed by atoms with E-state index in [1.165, 1.54) is 0 Å². The van der Waals surface area contributed by atoms with Gasteiger partial charge in [-0.2, -0.15) is 4.98 Å². The molecule has 7 heteroatoms. The highest BCUT2D eigenvalue weighted by Gasteiger charge is 2.06. The van der Waals surface area contributed by atoms with Crippen LogP contribution < -0.4 is 16.0 Å². The Labute approximate surface area is 115 Å². The van der Waals surface area contributed by atoms with Crippen molar-refractivity contribution in [2.24, 2.45) is 5.84 Å². The van der Waals surface area contributed by atoms with E-state index in [2.05, 4.69) is 15.4 Å². The summed E-state index contributed by atoms with van der Waals surface area (Å²) in [7, 11) is 0. The Bertz CT molecular complexity index is 504. The van der Waals surface area contributed by atoms with Crippen LogP contribution in [-0.2, 0) is 18.0 Å². The Balaban J connectivity index is 2.05. The Morgan fingerprint density at radius 2 is 2.26 bits per heavy atom. The largest absolute Gasteiger partial charge is 0.472 e. The van der Waals surface area contributed by atoms with Gasteiger partial charge in [-0.25, -0.2) is 10.8 Å². The summed E-state index contributed by atoms with van der Waals surface area (Å²) >= 11 is 1.64. The molecule has 2 aromatic rings. The number of nitrogens with one attached hydrogen (secondary N) is 1. The van der Waals surface area contributed by atoms with Crippen LogP contribution in [0.5, 0.6) is 5.88 Å². The number of nitrogen functional groups attached to an aromatic ring is 1. The summed E-state index contributed by atoms with van der Waals surface area (Å²) in [6.07, 6.45) is 0. The number of rotatable bonds is 7. The van der Waals surface area contributed by atoms with E-state index in [-0.39, 0.29) is 0 Å². The molecule has 2 rings (SSSR count). The van der Waals surface area contributed by atoms with Crippen molar-refractivity contribution in [1.29, 1.82) is 0 Å². The molecule has 6 nitrogen and oxygen atoms in total. The molecule has 0 aliphatic rings. The summed E-state index contributed by atoms with van der Waals surface area (Å²) in [5.41, 5.74) is 2.49. The highest BCUT2D eigenvalue weighted by atomic mass is 32.1. The zero-order valence-electron chi connectivity index (χ0n) is 10.6. The molecule has 0 unspecified atom stereocenters. The Kier molecular flexibility index (Phi) is 5.08. The number of hydrogen-bond donors (Lipinski definition) is 2. The molecule has 0 bridgehead atoms. The van der Waals surface area contributed by atoms with Crippen molar-refractivity contribution in [2.75, 3.05) is 12.0 Å². The molecule has 19 heavy (non-hydrogen) atoms. The maximum absolute atomic E-state index is 5.62. The smallest absolute Gasteiger partial charge is 0.219 e. The summed E-state index contributed by atoms with van der Waals surface area (Å²) < 4.78 is 10.9. The van der Waals surface area contributed by atoms with E-state index in [0.29, 0.717) is 37.3 Å². The van der Waals surface area contributed by atoms with Gasteiger partial charge < -0.3 is 14.9 Å². The van der Waals surface area contributed by atoms with Crippen LogP contribution in [0.2, 0.25) is 0 Å². The standard InChI is InChI=1S/C12H16N4O2S/c1-2-17-8-11-14-10(16-13)6-12(15-11)18-7-9-4-3-5-19-9/h3-6H,2,7-8,13H2,1H3,(H,14,15,16). The molecule has 2 heterocycles. The number of hydrazine groups is 1. The van der Waals surface area contributed by atoms with E-state index in [4.69, 9.17) is 15.3 Å². The normalized spacial score (nSPS) is 10.4. The summed E-state index contributed by atoms with van der Waals surface area (Å²) in [6.45, 7) is 3.34. The third-order valence-corrected chi connectivity index (χ3v) is 3.12. The lowest BCUT2D eigenvalue weighted by Gasteiger charge is -2.08. The van der Waals surface area contributed by atoms with E-state index < -0.39 is 0 Å². The van der Waals surface area contributed by atoms with Gasteiger partial charge in [0.1, 0.15) is 19.0 Å². The van der Waals surface area contributed by atoms with E-state index in [0.717, 1.165) is 4.88 Å². The number of ether oxygens (including phenoxy) is 2. The fourth-order valence-electron chi connectivity index (χ4n) is 1.42. The van der Waals surface area contributed by atoms with Gasteiger partial charge in [0.15, 0.2) is 5.82 Å². The molecule has 102 valence electrons. The highest BCUT2D eigenvalue weighted by Crippen LogP contribution is 2.16. The lowest BCUT2D eigenvalue weighted by molar-refractivity contribution is 0.127. The van der Waals surface area contributed by atoms with Gasteiger partial charge in [-0.15, -0.1) is 11.3 Å². The first-order valence-electron chi connectivity index (χ1n) is 5.89. The van der Waals surface area contributed by atoms with Gasteiger partial charge in [-0.05, 0) is 18.4 Å². The molecular weight excluding hydrogens is 264 g/mol. The van der Waals surface area contributed by atoms with Crippen molar-refractivity contribution in [3.05, 3.63) is 34.3 Å². The molecule has 0 fully saturated rings. The van der Waals surface area contributed by atoms with Gasteiger partial charge in [-0.1, -0.05) is 6.07 Å². The van der Waals surface area contributed by atoms with E-state index in [9.17, 15) is 0 Å². The quantitative estimate of drug-likeness (QED) is 0.596. The number of nitrogens with zero attached hydrogens (tertiary/aromatic N) is 2. The van der Waals surface area contributed by atoms with Gasteiger partial charge in [0.2, 0.25) is 5.88 Å². The Hall–Kier alpha value is -1.70. The minimum Gasteiger partial charge on any atom is -0.472 e. The summed E-state index contributed by atoms with van der Waals surface area (Å²) in [4.78, 5) is 9.59. The SMILES string of the molecule is CCOCc1nc(NN)cc(OCc2cccs2)n1. The van der Waals surface area contributed by atoms with Crippen molar-refractivity contribution in [3.63, 3.8) is 0 Å². The van der Waals surface area contributed by atoms with Crippen LogP contribution >= 0.6 is 11.3 Å². The summed E-state index contributed by atoms with van der Waals surface area (Å²) in [6, 6.07) is 5.65. The predicted molar refractivity (Wildman–Crippen MR) is 73.8 cm³/mol. The molecule has 0 aliphatic heterocycles. The van der Waals surface area contributed by atoms with Gasteiger partial charge in [0, 0.05) is 17.6 Å². The van der Waals surface area contributed by atoms with Gasteiger partial charge in [0.05, 0.1) is 0 Å². The number of hydrogen-bond acceptors (Lipinski definition) is 7. The molecular formula is C12H16N4O2S. The van der Waals surface area contributed by atoms with Crippen LogP contribution in [0.15, 0.2) is 23.6 Å². The molecule has 0 amide bonds. The van der Waals surface area contributed by atoms with Crippen molar-refractivity contribution in [2.45, 2.75) is 20.1 Å². The lowest BCUT2D eigenvalue weighted by Crippen LogP contribution is -2.12. The van der Waals surface area contributed by atoms with Crippen LogP contribution in [-0.4, -0.2) is 16.6 Å². The molecule has 2 aromatic heterocycles. The lowest BCUT2D eigenvalue weighted by atomic mass is 10.5. The second-order valence-corrected chi connectivity index (χ2v) is 4.69. The predicted octanol–water partition coefficient (Wildman–Crippen LogP) is 1.94. The first-order chi connectivity index (χ1) is 9.31. The highest BCUT2D eigenvalue weighted by molar-refractivity contribution is 7.09. The molecule has 0 aliphatic carbocycles. The van der Waals surface area contributed by atoms with Crippen molar-refractivity contribution >= 4 is 17.2 Å². The zero-order chi connectivity index (χ0) is 13.5. The number of nitrogens with two attached hydrogens (primary N) is 1. The molecule has 0 atom stereocenters. The maximum atomic E-state index is 5.62. The molecule has 0 spiro atoms. The number of anilines is 1. The second-order valence-electron chi connectivity index (χ2n) is 3.66. The molecule has 3 N–H and O–H groups in total. The van der Waals surface area contributed by atoms with Gasteiger partial charge >= 0.3 is 0 Å². The summed E-state index contributed by atoms with van der Waals surface area (Å²) in [5, 5.41) is 2.01. The monoisotopic (exact) mass is 280 g/mol. The van der Waals surface area contributed by atoms with Crippen LogP contribution in [0, 0.1) is 0 Å². The second kappa shape index (κ2) is 7.03. The average Bonchev–Trinajstić information content (AvgIpc) is 2.96. The van der Waals surface area contributed by atoms with Crippen LogP contribution in [0.4, 0.5) is 5.82 Å². The molecule has 0 saturated heterocycles.